The molecule has 1 aliphatic heterocycles. The van der Waals surface area contributed by atoms with E-state index in [-0.39, 0.29) is 18.9 Å². The third-order valence-corrected chi connectivity index (χ3v) is 3.44. The lowest BCUT2D eigenvalue weighted by Gasteiger charge is -2.28. The SMILES string of the molecule is O=C(O)CCNC(=O)c1ccc(N2CCC(=O)CC2)cc1. The lowest BCUT2D eigenvalue weighted by molar-refractivity contribution is -0.136. The van der Waals surface area contributed by atoms with E-state index in [1.54, 1.807) is 12.1 Å². The van der Waals surface area contributed by atoms with Crippen molar-refractivity contribution in [3.63, 3.8) is 0 Å². The van der Waals surface area contributed by atoms with Crippen LogP contribution in [0.1, 0.15) is 29.6 Å². The summed E-state index contributed by atoms with van der Waals surface area (Å²) in [6.07, 6.45) is 1.04. The Morgan fingerprint density at radius 1 is 1.14 bits per heavy atom. The summed E-state index contributed by atoms with van der Waals surface area (Å²) in [6.45, 7) is 1.54. The number of hydrogen-bond acceptors (Lipinski definition) is 4. The van der Waals surface area contributed by atoms with Crippen LogP contribution in [0.4, 0.5) is 5.69 Å². The molecule has 1 aliphatic rings. The van der Waals surface area contributed by atoms with E-state index in [1.807, 2.05) is 12.1 Å². The number of carbonyl (C=O) groups is 3. The molecule has 1 aromatic rings. The lowest BCUT2D eigenvalue weighted by Crippen LogP contribution is -2.33. The molecule has 1 heterocycles. The quantitative estimate of drug-likeness (QED) is 0.846. The van der Waals surface area contributed by atoms with Crippen molar-refractivity contribution < 1.29 is 19.5 Å². The highest BCUT2D eigenvalue weighted by Gasteiger charge is 2.16. The zero-order valence-corrected chi connectivity index (χ0v) is 11.7. The highest BCUT2D eigenvalue weighted by Crippen LogP contribution is 2.19. The van der Waals surface area contributed by atoms with Gasteiger partial charge in [0.15, 0.2) is 0 Å². The fourth-order valence-electron chi connectivity index (χ4n) is 2.22. The van der Waals surface area contributed by atoms with E-state index in [0.717, 1.165) is 5.69 Å². The molecule has 0 atom stereocenters. The summed E-state index contributed by atoms with van der Waals surface area (Å²) in [5.74, 6) is -0.928. The summed E-state index contributed by atoms with van der Waals surface area (Å²) in [5.41, 5.74) is 1.49. The van der Waals surface area contributed by atoms with Gasteiger partial charge in [0, 0.05) is 43.7 Å². The van der Waals surface area contributed by atoms with Crippen LogP contribution in [0, 0.1) is 0 Å². The van der Waals surface area contributed by atoms with E-state index in [0.29, 0.717) is 37.3 Å². The average molecular weight is 290 g/mol. The number of Topliss-reactive ketones (excluding diaryl/α,β-unsaturated/α-hetero) is 1. The van der Waals surface area contributed by atoms with Crippen LogP contribution in [0.3, 0.4) is 0 Å². The molecule has 1 amide bonds. The van der Waals surface area contributed by atoms with Crippen molar-refractivity contribution in [3.05, 3.63) is 29.8 Å². The molecule has 0 bridgehead atoms. The van der Waals surface area contributed by atoms with E-state index in [1.165, 1.54) is 0 Å². The summed E-state index contributed by atoms with van der Waals surface area (Å²) in [7, 11) is 0. The van der Waals surface area contributed by atoms with Gasteiger partial charge in [-0.25, -0.2) is 0 Å². The average Bonchev–Trinajstić information content (AvgIpc) is 2.48. The Morgan fingerprint density at radius 2 is 1.76 bits per heavy atom. The smallest absolute Gasteiger partial charge is 0.305 e. The Hall–Kier alpha value is -2.37. The summed E-state index contributed by atoms with van der Waals surface area (Å²) < 4.78 is 0. The molecule has 2 N–H and O–H groups in total. The number of nitrogens with zero attached hydrogens (tertiary/aromatic N) is 1. The van der Waals surface area contributed by atoms with Crippen molar-refractivity contribution in [2.24, 2.45) is 0 Å². The predicted octanol–water partition coefficient (Wildman–Crippen LogP) is 1.06. The number of ketones is 1. The molecular formula is C15H18N2O4. The largest absolute Gasteiger partial charge is 0.481 e. The third-order valence-electron chi connectivity index (χ3n) is 3.44. The molecule has 6 heteroatoms. The highest BCUT2D eigenvalue weighted by atomic mass is 16.4. The molecule has 6 nitrogen and oxygen atoms in total. The molecule has 0 spiro atoms. The second kappa shape index (κ2) is 6.88. The standard InChI is InChI=1S/C15H18N2O4/c18-13-6-9-17(10-7-13)12-3-1-11(2-4-12)15(21)16-8-5-14(19)20/h1-4H,5-10H2,(H,16,21)(H,19,20). The van der Waals surface area contributed by atoms with Gasteiger partial charge in [-0.15, -0.1) is 0 Å². The first-order valence-corrected chi connectivity index (χ1v) is 6.93. The molecule has 1 fully saturated rings. The number of carboxylic acids is 1. The molecule has 112 valence electrons. The second-order valence-corrected chi connectivity index (χ2v) is 4.97. The van der Waals surface area contributed by atoms with Crippen LogP contribution in [0.5, 0.6) is 0 Å². The van der Waals surface area contributed by atoms with E-state index >= 15 is 0 Å². The van der Waals surface area contributed by atoms with Crippen molar-refractivity contribution in [3.8, 4) is 0 Å². The van der Waals surface area contributed by atoms with Gasteiger partial charge in [0.25, 0.3) is 5.91 Å². The second-order valence-electron chi connectivity index (χ2n) is 4.97. The van der Waals surface area contributed by atoms with Crippen LogP contribution in [0.2, 0.25) is 0 Å². The number of carboxylic acid groups (broad SMARTS) is 1. The maximum atomic E-state index is 11.8. The zero-order chi connectivity index (χ0) is 15.2. The van der Waals surface area contributed by atoms with Gasteiger partial charge in [-0.3, -0.25) is 14.4 Å². The minimum Gasteiger partial charge on any atom is -0.481 e. The molecule has 0 unspecified atom stereocenters. The molecule has 0 aromatic heterocycles. The normalized spacial score (nSPS) is 14.9. The van der Waals surface area contributed by atoms with Gasteiger partial charge in [-0.2, -0.15) is 0 Å². The summed E-state index contributed by atoms with van der Waals surface area (Å²) in [4.78, 5) is 35.5. The summed E-state index contributed by atoms with van der Waals surface area (Å²) in [5, 5.41) is 11.1. The van der Waals surface area contributed by atoms with E-state index in [4.69, 9.17) is 5.11 Å². The van der Waals surface area contributed by atoms with Crippen LogP contribution >= 0.6 is 0 Å². The summed E-state index contributed by atoms with van der Waals surface area (Å²) >= 11 is 0. The maximum Gasteiger partial charge on any atom is 0.305 e. The monoisotopic (exact) mass is 290 g/mol. The number of anilines is 1. The van der Waals surface area contributed by atoms with Crippen molar-refractivity contribution in [2.45, 2.75) is 19.3 Å². The Labute approximate surface area is 122 Å². The first-order valence-electron chi connectivity index (χ1n) is 6.93. The number of aliphatic carboxylic acids is 1. The van der Waals surface area contributed by atoms with Crippen LogP contribution in [0.15, 0.2) is 24.3 Å². The Kier molecular flexibility index (Phi) is 4.92. The number of hydrogen-bond donors (Lipinski definition) is 2. The molecule has 21 heavy (non-hydrogen) atoms. The third kappa shape index (κ3) is 4.30. The maximum absolute atomic E-state index is 11.8. The first kappa shape index (κ1) is 15.0. The van der Waals surface area contributed by atoms with Crippen LogP contribution in [-0.4, -0.2) is 42.4 Å². The number of piperidine rings is 1. The Morgan fingerprint density at radius 3 is 2.33 bits per heavy atom. The number of benzene rings is 1. The molecule has 1 aromatic carbocycles. The van der Waals surface area contributed by atoms with Crippen LogP contribution in [-0.2, 0) is 9.59 Å². The van der Waals surface area contributed by atoms with Crippen molar-refractivity contribution >= 4 is 23.3 Å². The summed E-state index contributed by atoms with van der Waals surface area (Å²) in [6, 6.07) is 7.12. The molecule has 0 saturated carbocycles. The number of amides is 1. The van der Waals surface area contributed by atoms with Crippen LogP contribution < -0.4 is 10.2 Å². The number of nitrogens with one attached hydrogen (secondary N) is 1. The zero-order valence-electron chi connectivity index (χ0n) is 11.7. The van der Waals surface area contributed by atoms with Gasteiger partial charge in [0.05, 0.1) is 6.42 Å². The van der Waals surface area contributed by atoms with Gasteiger partial charge < -0.3 is 15.3 Å². The van der Waals surface area contributed by atoms with Gasteiger partial charge in [-0.1, -0.05) is 0 Å². The van der Waals surface area contributed by atoms with Crippen molar-refractivity contribution in [1.29, 1.82) is 0 Å². The van der Waals surface area contributed by atoms with Gasteiger partial charge in [-0.05, 0) is 24.3 Å². The lowest BCUT2D eigenvalue weighted by atomic mass is 10.1. The van der Waals surface area contributed by atoms with Crippen molar-refractivity contribution in [2.75, 3.05) is 24.5 Å². The fourth-order valence-corrected chi connectivity index (χ4v) is 2.22. The van der Waals surface area contributed by atoms with Gasteiger partial charge >= 0.3 is 5.97 Å². The number of carbonyl (C=O) groups excluding carboxylic acids is 2. The molecule has 0 aliphatic carbocycles. The molecule has 2 rings (SSSR count). The minimum atomic E-state index is -0.940. The minimum absolute atomic E-state index is 0.0916. The predicted molar refractivity (Wildman–Crippen MR) is 77.5 cm³/mol. The van der Waals surface area contributed by atoms with Crippen molar-refractivity contribution in [1.82, 2.24) is 5.32 Å². The molecule has 1 saturated heterocycles. The molecule has 0 radical (unpaired) electrons. The van der Waals surface area contributed by atoms with Gasteiger partial charge in [0.1, 0.15) is 5.78 Å². The topological polar surface area (TPSA) is 86.7 Å². The highest BCUT2D eigenvalue weighted by molar-refractivity contribution is 5.94. The van der Waals surface area contributed by atoms with E-state index < -0.39 is 5.97 Å². The van der Waals surface area contributed by atoms with Crippen LogP contribution in [0.25, 0.3) is 0 Å². The Balaban J connectivity index is 1.90. The molecular weight excluding hydrogens is 272 g/mol. The van der Waals surface area contributed by atoms with E-state index in [9.17, 15) is 14.4 Å². The number of rotatable bonds is 5. The van der Waals surface area contributed by atoms with E-state index in [2.05, 4.69) is 10.2 Å². The Bertz CT molecular complexity index is 529. The first-order chi connectivity index (χ1) is 10.1. The fraction of sp³-hybridized carbons (Fsp3) is 0.400. The van der Waals surface area contributed by atoms with Gasteiger partial charge in [0.2, 0.25) is 0 Å².